The maximum Gasteiger partial charge on any atom is 0.231 e. The van der Waals surface area contributed by atoms with E-state index in [-0.39, 0.29) is 6.79 Å². The molecule has 0 radical (unpaired) electrons. The number of ether oxygens (including phenoxy) is 3. The van der Waals surface area contributed by atoms with Gasteiger partial charge in [-0.3, -0.25) is 0 Å². The average Bonchev–Trinajstić information content (AvgIpc) is 2.87. The van der Waals surface area contributed by atoms with E-state index in [9.17, 15) is 0 Å². The van der Waals surface area contributed by atoms with Gasteiger partial charge in [-0.05, 0) is 42.8 Å². The summed E-state index contributed by atoms with van der Waals surface area (Å²) in [6, 6.07) is 9.43. The molecule has 104 valence electrons. The lowest BCUT2D eigenvalue weighted by atomic mass is 10.2. The molecule has 2 aromatic carbocycles. The first-order chi connectivity index (χ1) is 9.63. The van der Waals surface area contributed by atoms with E-state index < -0.39 is 0 Å². The second kappa shape index (κ2) is 5.54. The van der Waals surface area contributed by atoms with E-state index >= 15 is 0 Å². The van der Waals surface area contributed by atoms with Gasteiger partial charge in [-0.25, -0.2) is 0 Å². The van der Waals surface area contributed by atoms with E-state index in [1.165, 1.54) is 0 Å². The predicted octanol–water partition coefficient (Wildman–Crippen LogP) is 4.72. The number of rotatable bonds is 3. The Morgan fingerprint density at radius 2 is 1.95 bits per heavy atom. The van der Waals surface area contributed by atoms with Crippen molar-refractivity contribution in [3.63, 3.8) is 0 Å². The Balaban J connectivity index is 1.76. The highest BCUT2D eigenvalue weighted by Crippen LogP contribution is 2.37. The second-order valence-electron chi connectivity index (χ2n) is 4.50. The first-order valence-corrected chi connectivity index (χ1v) is 7.27. The molecule has 0 bridgehead atoms. The molecule has 1 heterocycles. The van der Waals surface area contributed by atoms with Crippen LogP contribution in [0.4, 0.5) is 0 Å². The molecule has 20 heavy (non-hydrogen) atoms. The van der Waals surface area contributed by atoms with Crippen LogP contribution in [0.15, 0.2) is 34.8 Å². The van der Waals surface area contributed by atoms with Crippen molar-refractivity contribution in [3.05, 3.63) is 51.0 Å². The van der Waals surface area contributed by atoms with Crippen LogP contribution in [0.1, 0.15) is 11.1 Å². The molecule has 0 atom stereocenters. The molecule has 0 unspecified atom stereocenters. The quantitative estimate of drug-likeness (QED) is 0.797. The highest BCUT2D eigenvalue weighted by molar-refractivity contribution is 9.10. The van der Waals surface area contributed by atoms with E-state index in [1.807, 2.05) is 37.3 Å². The molecule has 0 N–H and O–H groups in total. The molecule has 3 nitrogen and oxygen atoms in total. The Hall–Kier alpha value is -1.39. The topological polar surface area (TPSA) is 27.7 Å². The van der Waals surface area contributed by atoms with Crippen LogP contribution >= 0.6 is 27.5 Å². The lowest BCUT2D eigenvalue weighted by molar-refractivity contribution is 0.174. The summed E-state index contributed by atoms with van der Waals surface area (Å²) in [6.45, 7) is 2.66. The third-order valence-corrected chi connectivity index (χ3v) is 4.23. The number of aryl methyl sites for hydroxylation is 1. The van der Waals surface area contributed by atoms with Crippen LogP contribution in [0.3, 0.4) is 0 Å². The van der Waals surface area contributed by atoms with Gasteiger partial charge in [-0.15, -0.1) is 0 Å². The van der Waals surface area contributed by atoms with Crippen molar-refractivity contribution in [2.45, 2.75) is 13.5 Å². The van der Waals surface area contributed by atoms with E-state index in [4.69, 9.17) is 25.8 Å². The number of fused-ring (bicyclic) bond motifs is 1. The number of halogens is 2. The fourth-order valence-electron chi connectivity index (χ4n) is 1.94. The zero-order chi connectivity index (χ0) is 14.1. The maximum atomic E-state index is 5.99. The van der Waals surface area contributed by atoms with Crippen LogP contribution in [-0.4, -0.2) is 6.79 Å². The Morgan fingerprint density at radius 3 is 2.70 bits per heavy atom. The van der Waals surface area contributed by atoms with Gasteiger partial charge >= 0.3 is 0 Å². The molecule has 0 spiro atoms. The Kier molecular flexibility index (Phi) is 3.76. The van der Waals surface area contributed by atoms with E-state index in [1.54, 1.807) is 0 Å². The van der Waals surface area contributed by atoms with Crippen LogP contribution < -0.4 is 14.2 Å². The molecule has 0 fully saturated rings. The van der Waals surface area contributed by atoms with Gasteiger partial charge in [0.1, 0.15) is 12.4 Å². The summed E-state index contributed by atoms with van der Waals surface area (Å²) in [5, 5.41) is 0.738. The zero-order valence-corrected chi connectivity index (χ0v) is 13.1. The van der Waals surface area contributed by atoms with Gasteiger partial charge < -0.3 is 14.2 Å². The number of benzene rings is 2. The SMILES string of the molecule is Cc1cc(OCc2cc3c(cc2Br)OCO3)ccc1Cl. The molecule has 0 saturated carbocycles. The summed E-state index contributed by atoms with van der Waals surface area (Å²) in [6.07, 6.45) is 0. The summed E-state index contributed by atoms with van der Waals surface area (Å²) >= 11 is 9.51. The normalized spacial score (nSPS) is 12.6. The molecule has 5 heteroatoms. The minimum atomic E-state index is 0.266. The first-order valence-electron chi connectivity index (χ1n) is 6.10. The van der Waals surface area contributed by atoms with Crippen molar-refractivity contribution in [2.75, 3.05) is 6.79 Å². The fourth-order valence-corrected chi connectivity index (χ4v) is 2.49. The Labute approximate surface area is 130 Å². The monoisotopic (exact) mass is 354 g/mol. The van der Waals surface area contributed by atoms with E-state index in [0.29, 0.717) is 6.61 Å². The molecule has 0 saturated heterocycles. The summed E-state index contributed by atoms with van der Waals surface area (Å²) in [4.78, 5) is 0. The standard InChI is InChI=1S/C15H12BrClO3/c1-9-4-11(2-3-13(9)17)18-7-10-5-14-15(6-12(10)16)20-8-19-14/h2-6H,7-8H2,1H3. The molecule has 1 aliphatic rings. The van der Waals surface area contributed by atoms with Crippen molar-refractivity contribution in [2.24, 2.45) is 0 Å². The summed E-state index contributed by atoms with van der Waals surface area (Å²) in [5.74, 6) is 2.29. The van der Waals surface area contributed by atoms with Gasteiger partial charge in [-0.1, -0.05) is 27.5 Å². The van der Waals surface area contributed by atoms with Gasteiger partial charge in [0.15, 0.2) is 11.5 Å². The highest BCUT2D eigenvalue weighted by atomic mass is 79.9. The van der Waals surface area contributed by atoms with Gasteiger partial charge in [0.2, 0.25) is 6.79 Å². The van der Waals surface area contributed by atoms with E-state index in [2.05, 4.69) is 15.9 Å². The third kappa shape index (κ3) is 2.72. The second-order valence-corrected chi connectivity index (χ2v) is 5.76. The Bertz CT molecular complexity index is 658. The van der Waals surface area contributed by atoms with Gasteiger partial charge in [0.05, 0.1) is 0 Å². The third-order valence-electron chi connectivity index (χ3n) is 3.07. The fraction of sp³-hybridized carbons (Fsp3) is 0.200. The van der Waals surface area contributed by atoms with Gasteiger partial charge in [0, 0.05) is 15.1 Å². The summed E-state index contributed by atoms with van der Waals surface area (Å²) in [5.41, 5.74) is 2.00. The minimum Gasteiger partial charge on any atom is -0.489 e. The summed E-state index contributed by atoms with van der Waals surface area (Å²) in [7, 11) is 0. The number of hydrogen-bond acceptors (Lipinski definition) is 3. The van der Waals surface area contributed by atoms with Crippen LogP contribution in [0, 0.1) is 6.92 Å². The zero-order valence-electron chi connectivity index (χ0n) is 10.8. The molecule has 1 aliphatic heterocycles. The molecule has 2 aromatic rings. The number of hydrogen-bond donors (Lipinski definition) is 0. The Morgan fingerprint density at radius 1 is 1.20 bits per heavy atom. The van der Waals surface area contributed by atoms with Crippen molar-refractivity contribution in [1.29, 1.82) is 0 Å². The molecular weight excluding hydrogens is 344 g/mol. The van der Waals surface area contributed by atoms with Crippen molar-refractivity contribution in [3.8, 4) is 17.2 Å². The highest BCUT2D eigenvalue weighted by Gasteiger charge is 2.16. The predicted molar refractivity (Wildman–Crippen MR) is 80.8 cm³/mol. The average molecular weight is 356 g/mol. The molecule has 3 rings (SSSR count). The van der Waals surface area contributed by atoms with Gasteiger partial charge in [-0.2, -0.15) is 0 Å². The summed E-state index contributed by atoms with van der Waals surface area (Å²) < 4.78 is 17.4. The lowest BCUT2D eigenvalue weighted by Gasteiger charge is -2.10. The molecule has 0 aliphatic carbocycles. The van der Waals surface area contributed by atoms with Crippen LogP contribution in [0.5, 0.6) is 17.2 Å². The van der Waals surface area contributed by atoms with Crippen molar-refractivity contribution in [1.82, 2.24) is 0 Å². The van der Waals surface area contributed by atoms with Crippen LogP contribution in [-0.2, 0) is 6.61 Å². The minimum absolute atomic E-state index is 0.266. The molecule has 0 amide bonds. The maximum absolute atomic E-state index is 5.99. The largest absolute Gasteiger partial charge is 0.489 e. The smallest absolute Gasteiger partial charge is 0.231 e. The van der Waals surface area contributed by atoms with Crippen LogP contribution in [0.2, 0.25) is 5.02 Å². The van der Waals surface area contributed by atoms with E-state index in [0.717, 1.165) is 37.9 Å². The van der Waals surface area contributed by atoms with Gasteiger partial charge in [0.25, 0.3) is 0 Å². The lowest BCUT2D eigenvalue weighted by Crippen LogP contribution is -1.97. The molecular formula is C15H12BrClO3. The first kappa shape index (κ1) is 13.6. The van der Waals surface area contributed by atoms with Crippen molar-refractivity contribution >= 4 is 27.5 Å². The molecule has 0 aromatic heterocycles. The van der Waals surface area contributed by atoms with Crippen molar-refractivity contribution < 1.29 is 14.2 Å². The van der Waals surface area contributed by atoms with Crippen LogP contribution in [0.25, 0.3) is 0 Å².